The number of hydrogen-bond donors (Lipinski definition) is 1. The first-order valence-corrected chi connectivity index (χ1v) is 10.6. The topological polar surface area (TPSA) is 92.2 Å². The van der Waals surface area contributed by atoms with Gasteiger partial charge in [0.05, 0.1) is 22.9 Å². The summed E-state index contributed by atoms with van der Waals surface area (Å²) in [7, 11) is 0. The number of rotatable bonds is 4. The standard InChI is InChI=1S/C21H27N7O/c22-7-2-10-26-9-1-3-16(13-26)20(29)28-12-11-27(14-21(28)5-6-21)19-17-4-8-23-18(17)24-15-25-19/h4,8,15-16H,1-3,5-6,9-14H2,(H,23,24,25). The largest absolute Gasteiger partial charge is 0.352 e. The van der Waals surface area contributed by atoms with E-state index in [0.717, 1.165) is 81.8 Å². The Bertz CT molecular complexity index is 944. The predicted molar refractivity (Wildman–Crippen MR) is 109 cm³/mol. The molecule has 0 radical (unpaired) electrons. The van der Waals surface area contributed by atoms with Crippen LogP contribution in [0.3, 0.4) is 0 Å². The third kappa shape index (κ3) is 3.33. The molecule has 152 valence electrons. The summed E-state index contributed by atoms with van der Waals surface area (Å²) >= 11 is 0. The van der Waals surface area contributed by atoms with Gasteiger partial charge < -0.3 is 19.7 Å². The molecule has 2 saturated heterocycles. The van der Waals surface area contributed by atoms with Crippen molar-refractivity contribution in [2.45, 2.75) is 37.6 Å². The molecule has 8 nitrogen and oxygen atoms in total. The van der Waals surface area contributed by atoms with Crippen molar-refractivity contribution in [3.05, 3.63) is 18.6 Å². The molecule has 1 spiro atoms. The number of aromatic amines is 1. The number of piperidine rings is 1. The van der Waals surface area contributed by atoms with Crippen LogP contribution in [0.4, 0.5) is 5.82 Å². The lowest BCUT2D eigenvalue weighted by Gasteiger charge is -2.45. The number of carbonyl (C=O) groups excluding carboxylic acids is 1. The van der Waals surface area contributed by atoms with Gasteiger partial charge in [-0.1, -0.05) is 0 Å². The van der Waals surface area contributed by atoms with Gasteiger partial charge in [0.25, 0.3) is 0 Å². The van der Waals surface area contributed by atoms with E-state index in [-0.39, 0.29) is 11.5 Å². The van der Waals surface area contributed by atoms with Crippen molar-refractivity contribution in [1.82, 2.24) is 24.8 Å². The summed E-state index contributed by atoms with van der Waals surface area (Å²) in [5, 5.41) is 9.90. The number of aromatic nitrogens is 3. The van der Waals surface area contributed by atoms with E-state index < -0.39 is 0 Å². The van der Waals surface area contributed by atoms with Gasteiger partial charge in [-0.3, -0.25) is 4.79 Å². The fourth-order valence-electron chi connectivity index (χ4n) is 5.07. The molecule has 1 saturated carbocycles. The molecule has 2 aliphatic heterocycles. The molecule has 3 aliphatic rings. The maximum atomic E-state index is 13.4. The first kappa shape index (κ1) is 18.4. The third-order valence-corrected chi connectivity index (χ3v) is 6.77. The lowest BCUT2D eigenvalue weighted by molar-refractivity contribution is -0.141. The minimum absolute atomic E-state index is 0.0299. The Morgan fingerprint density at radius 1 is 1.31 bits per heavy atom. The lowest BCUT2D eigenvalue weighted by Crippen LogP contribution is -2.59. The number of fused-ring (bicyclic) bond motifs is 1. The fourth-order valence-corrected chi connectivity index (χ4v) is 5.07. The van der Waals surface area contributed by atoms with Crippen molar-refractivity contribution in [2.75, 3.05) is 44.2 Å². The zero-order valence-electron chi connectivity index (χ0n) is 16.7. The van der Waals surface area contributed by atoms with E-state index in [0.29, 0.717) is 12.3 Å². The van der Waals surface area contributed by atoms with E-state index in [2.05, 4.69) is 35.7 Å². The van der Waals surface area contributed by atoms with Crippen molar-refractivity contribution in [3.8, 4) is 6.07 Å². The number of piperazine rings is 1. The maximum absolute atomic E-state index is 13.4. The highest BCUT2D eigenvalue weighted by Crippen LogP contribution is 2.46. The van der Waals surface area contributed by atoms with E-state index in [4.69, 9.17) is 5.26 Å². The summed E-state index contributed by atoms with van der Waals surface area (Å²) in [5.41, 5.74) is 0.829. The Labute approximate surface area is 170 Å². The normalized spacial score (nSPS) is 24.0. The number of H-pyrrole nitrogens is 1. The summed E-state index contributed by atoms with van der Waals surface area (Å²) in [6.07, 6.45) is 8.20. The molecule has 4 heterocycles. The molecular weight excluding hydrogens is 366 g/mol. The molecule has 1 amide bonds. The minimum atomic E-state index is -0.0299. The van der Waals surface area contributed by atoms with Crippen LogP contribution in [0.1, 0.15) is 32.1 Å². The molecule has 1 atom stereocenters. The zero-order valence-corrected chi connectivity index (χ0v) is 16.7. The van der Waals surface area contributed by atoms with Gasteiger partial charge in [-0.05, 0) is 38.3 Å². The molecule has 1 aliphatic carbocycles. The lowest BCUT2D eigenvalue weighted by atomic mass is 9.94. The van der Waals surface area contributed by atoms with Crippen LogP contribution in [0, 0.1) is 17.2 Å². The Kier molecular flexibility index (Phi) is 4.63. The van der Waals surface area contributed by atoms with Gasteiger partial charge in [0.15, 0.2) is 0 Å². The van der Waals surface area contributed by atoms with Crippen molar-refractivity contribution in [2.24, 2.45) is 5.92 Å². The van der Waals surface area contributed by atoms with Crippen LogP contribution in [0.5, 0.6) is 0 Å². The van der Waals surface area contributed by atoms with Crippen LogP contribution in [-0.4, -0.2) is 75.5 Å². The number of carbonyl (C=O) groups is 1. The van der Waals surface area contributed by atoms with Crippen LogP contribution >= 0.6 is 0 Å². The SMILES string of the molecule is N#CCCN1CCCC(C(=O)N2CCN(c3ncnc4[nH]ccc34)CC23CC3)C1. The monoisotopic (exact) mass is 393 g/mol. The van der Waals surface area contributed by atoms with E-state index in [1.54, 1.807) is 6.33 Å². The smallest absolute Gasteiger partial charge is 0.227 e. The molecule has 1 N–H and O–H groups in total. The van der Waals surface area contributed by atoms with E-state index in [1.165, 1.54) is 0 Å². The van der Waals surface area contributed by atoms with Gasteiger partial charge in [-0.2, -0.15) is 5.26 Å². The second-order valence-electron chi connectivity index (χ2n) is 8.62. The Balaban J connectivity index is 1.30. The van der Waals surface area contributed by atoms with E-state index >= 15 is 0 Å². The average Bonchev–Trinajstić information content (AvgIpc) is 3.33. The molecule has 1 unspecified atom stereocenters. The number of likely N-dealkylation sites (tertiary alicyclic amines) is 1. The van der Waals surface area contributed by atoms with Crippen LogP contribution < -0.4 is 4.90 Å². The maximum Gasteiger partial charge on any atom is 0.227 e. The number of amides is 1. The van der Waals surface area contributed by atoms with Crippen LogP contribution in [0.25, 0.3) is 11.0 Å². The Morgan fingerprint density at radius 3 is 3.03 bits per heavy atom. The molecule has 0 aromatic carbocycles. The Morgan fingerprint density at radius 2 is 2.21 bits per heavy atom. The summed E-state index contributed by atoms with van der Waals surface area (Å²) in [6, 6.07) is 4.25. The molecule has 8 heteroatoms. The highest BCUT2D eigenvalue weighted by Gasteiger charge is 2.54. The van der Waals surface area contributed by atoms with E-state index in [9.17, 15) is 4.79 Å². The molecule has 0 bridgehead atoms. The zero-order chi connectivity index (χ0) is 19.8. The second-order valence-corrected chi connectivity index (χ2v) is 8.62. The molecular formula is C21H27N7O. The molecule has 29 heavy (non-hydrogen) atoms. The summed E-state index contributed by atoms with van der Waals surface area (Å²) in [4.78, 5) is 32.2. The van der Waals surface area contributed by atoms with Gasteiger partial charge in [-0.15, -0.1) is 0 Å². The van der Waals surface area contributed by atoms with Crippen molar-refractivity contribution >= 4 is 22.8 Å². The van der Waals surface area contributed by atoms with Crippen molar-refractivity contribution < 1.29 is 4.79 Å². The summed E-state index contributed by atoms with van der Waals surface area (Å²) in [6.45, 7) is 4.98. The van der Waals surface area contributed by atoms with Crippen LogP contribution in [0.2, 0.25) is 0 Å². The van der Waals surface area contributed by atoms with Gasteiger partial charge in [0, 0.05) is 45.3 Å². The molecule has 3 fully saturated rings. The summed E-state index contributed by atoms with van der Waals surface area (Å²) in [5.74, 6) is 1.36. The number of nitrogens with zero attached hydrogens (tertiary/aromatic N) is 6. The Hall–Kier alpha value is -2.66. The first-order valence-electron chi connectivity index (χ1n) is 10.6. The molecule has 5 rings (SSSR count). The highest BCUT2D eigenvalue weighted by molar-refractivity contribution is 5.88. The highest BCUT2D eigenvalue weighted by atomic mass is 16.2. The predicted octanol–water partition coefficient (Wildman–Crippen LogP) is 1.76. The number of nitrogens with one attached hydrogen (secondary N) is 1. The summed E-state index contributed by atoms with van der Waals surface area (Å²) < 4.78 is 0. The van der Waals surface area contributed by atoms with Gasteiger partial charge in [0.2, 0.25) is 5.91 Å². The van der Waals surface area contributed by atoms with Gasteiger partial charge in [0.1, 0.15) is 17.8 Å². The minimum Gasteiger partial charge on any atom is -0.352 e. The third-order valence-electron chi connectivity index (χ3n) is 6.77. The van der Waals surface area contributed by atoms with Crippen LogP contribution in [-0.2, 0) is 4.79 Å². The first-order chi connectivity index (χ1) is 14.2. The molecule has 2 aromatic rings. The van der Waals surface area contributed by atoms with Crippen molar-refractivity contribution in [1.29, 1.82) is 5.26 Å². The van der Waals surface area contributed by atoms with Gasteiger partial charge in [-0.25, -0.2) is 9.97 Å². The van der Waals surface area contributed by atoms with E-state index in [1.807, 2.05) is 12.3 Å². The number of nitriles is 1. The van der Waals surface area contributed by atoms with Crippen LogP contribution in [0.15, 0.2) is 18.6 Å². The second kappa shape index (κ2) is 7.30. The number of hydrogen-bond acceptors (Lipinski definition) is 6. The molecule has 2 aromatic heterocycles. The van der Waals surface area contributed by atoms with Gasteiger partial charge >= 0.3 is 0 Å². The fraction of sp³-hybridized carbons (Fsp3) is 0.619. The number of anilines is 1. The average molecular weight is 393 g/mol. The quantitative estimate of drug-likeness (QED) is 0.851. The van der Waals surface area contributed by atoms with Crippen molar-refractivity contribution in [3.63, 3.8) is 0 Å².